The van der Waals surface area contributed by atoms with Crippen LogP contribution in [0, 0.1) is 3.57 Å². The number of rotatable bonds is 7. The van der Waals surface area contributed by atoms with Crippen LogP contribution in [-0.4, -0.2) is 63.2 Å². The van der Waals surface area contributed by atoms with E-state index >= 15 is 0 Å². The van der Waals surface area contributed by atoms with Gasteiger partial charge in [0.2, 0.25) is 5.91 Å². The largest absolute Gasteiger partial charge is 0.449 e. The molecule has 1 aliphatic heterocycles. The molecule has 11 nitrogen and oxygen atoms in total. The van der Waals surface area contributed by atoms with Crippen molar-refractivity contribution in [2.45, 2.75) is 51.2 Å². The van der Waals surface area contributed by atoms with Crippen molar-refractivity contribution in [3.05, 3.63) is 20.3 Å². The third kappa shape index (κ3) is 5.62. The molecule has 0 spiro atoms. The fourth-order valence-corrected chi connectivity index (χ4v) is 3.05. The molecular formula is C16H23IN4O7. The molecule has 4 atom stereocenters. The van der Waals surface area contributed by atoms with Crippen molar-refractivity contribution >= 4 is 40.4 Å². The Morgan fingerprint density at radius 1 is 1.39 bits per heavy atom. The molecule has 1 aliphatic rings. The fourth-order valence-electron chi connectivity index (χ4n) is 2.50. The molecule has 0 aliphatic carbocycles. The number of aromatic nitrogens is 2. The molecule has 2 rings (SSSR count). The summed E-state index contributed by atoms with van der Waals surface area (Å²) in [4.78, 5) is 39.0. The highest BCUT2D eigenvalue weighted by molar-refractivity contribution is 14.1. The summed E-state index contributed by atoms with van der Waals surface area (Å²) in [7, 11) is 0. The Morgan fingerprint density at radius 2 is 2.11 bits per heavy atom. The summed E-state index contributed by atoms with van der Waals surface area (Å²) in [5.41, 5.74) is -0.761. The monoisotopic (exact) mass is 510 g/mol. The molecule has 0 radical (unpaired) electrons. The van der Waals surface area contributed by atoms with E-state index in [9.17, 15) is 24.6 Å². The van der Waals surface area contributed by atoms with E-state index in [1.807, 2.05) is 22.6 Å². The molecule has 1 aromatic rings. The lowest BCUT2D eigenvalue weighted by atomic mass is 10.1. The molecule has 0 saturated carbocycles. The average molecular weight is 510 g/mol. The first kappa shape index (κ1) is 22.5. The standard InChI is InChI=1S/C16H23IN4O7/c1-3-10(22)18-5-4-6-27-16(26)20-13-9(17)7-21(15(25)19-13)14-12(24)11(23)8(2)28-14/h7-8,11-12,14,23-24H,3-6H2,1-2H3,(H,18,22)(H,19,20,25,26)/t8-,11-,12-,14-/m1/s1. The van der Waals surface area contributed by atoms with E-state index in [1.54, 1.807) is 13.8 Å². The van der Waals surface area contributed by atoms with Gasteiger partial charge >= 0.3 is 11.8 Å². The Kier molecular flexibility index (Phi) is 8.15. The van der Waals surface area contributed by atoms with Gasteiger partial charge in [-0.2, -0.15) is 4.98 Å². The van der Waals surface area contributed by atoms with Crippen LogP contribution in [0.4, 0.5) is 10.6 Å². The predicted molar refractivity (Wildman–Crippen MR) is 106 cm³/mol. The Morgan fingerprint density at radius 3 is 2.71 bits per heavy atom. The Hall–Kier alpha value is -1.77. The van der Waals surface area contributed by atoms with Crippen LogP contribution in [0.1, 0.15) is 32.9 Å². The number of carbonyl (C=O) groups excluding carboxylic acids is 2. The number of nitrogens with zero attached hydrogens (tertiary/aromatic N) is 2. The molecule has 2 amide bonds. The van der Waals surface area contributed by atoms with E-state index in [0.717, 1.165) is 4.57 Å². The Balaban J connectivity index is 1.93. The zero-order chi connectivity index (χ0) is 20.8. The zero-order valence-corrected chi connectivity index (χ0v) is 17.6. The van der Waals surface area contributed by atoms with Crippen LogP contribution in [0.5, 0.6) is 0 Å². The predicted octanol–water partition coefficient (Wildman–Crippen LogP) is -0.0482. The highest BCUT2D eigenvalue weighted by Gasteiger charge is 2.42. The third-order valence-electron chi connectivity index (χ3n) is 4.08. The van der Waals surface area contributed by atoms with E-state index in [0.29, 0.717) is 23.0 Å². The fraction of sp³-hybridized carbons (Fsp3) is 0.625. The topological polar surface area (TPSA) is 152 Å². The molecule has 12 heteroatoms. The van der Waals surface area contributed by atoms with E-state index < -0.39 is 36.3 Å². The number of hydrogen-bond donors (Lipinski definition) is 4. The summed E-state index contributed by atoms with van der Waals surface area (Å²) in [5.74, 6) is -0.0748. The van der Waals surface area contributed by atoms with Crippen molar-refractivity contribution in [2.75, 3.05) is 18.5 Å². The van der Waals surface area contributed by atoms with E-state index in [2.05, 4.69) is 15.6 Å². The Bertz CT molecular complexity index is 772. The normalized spacial score (nSPS) is 24.0. The van der Waals surface area contributed by atoms with E-state index in [4.69, 9.17) is 9.47 Å². The summed E-state index contributed by atoms with van der Waals surface area (Å²) in [5, 5.41) is 24.8. The number of aliphatic hydroxyl groups excluding tert-OH is 2. The highest BCUT2D eigenvalue weighted by atomic mass is 127. The molecule has 1 fully saturated rings. The lowest BCUT2D eigenvalue weighted by Gasteiger charge is -2.18. The first-order chi connectivity index (χ1) is 13.2. The zero-order valence-electron chi connectivity index (χ0n) is 15.4. The summed E-state index contributed by atoms with van der Waals surface area (Å²) in [6.07, 6.45) is -2.69. The van der Waals surface area contributed by atoms with Crippen molar-refractivity contribution in [1.29, 1.82) is 0 Å². The van der Waals surface area contributed by atoms with Crippen LogP contribution in [-0.2, 0) is 14.3 Å². The minimum absolute atomic E-state index is 0.00668. The van der Waals surface area contributed by atoms with Crippen molar-refractivity contribution < 1.29 is 29.3 Å². The van der Waals surface area contributed by atoms with Crippen molar-refractivity contribution in [1.82, 2.24) is 14.9 Å². The second-order valence-corrected chi connectivity index (χ2v) is 7.32. The first-order valence-electron chi connectivity index (χ1n) is 8.75. The number of hydrogen-bond acceptors (Lipinski definition) is 8. The molecule has 0 aromatic carbocycles. The van der Waals surface area contributed by atoms with Gasteiger partial charge in [-0.3, -0.25) is 14.7 Å². The van der Waals surface area contributed by atoms with Gasteiger partial charge in [-0.05, 0) is 35.9 Å². The van der Waals surface area contributed by atoms with Crippen molar-refractivity contribution in [3.8, 4) is 0 Å². The molecule has 0 unspecified atom stereocenters. The highest BCUT2D eigenvalue weighted by Crippen LogP contribution is 2.28. The minimum atomic E-state index is -1.28. The Labute approximate surface area is 174 Å². The van der Waals surface area contributed by atoms with Gasteiger partial charge < -0.3 is 25.0 Å². The number of halogens is 1. The minimum Gasteiger partial charge on any atom is -0.449 e. The summed E-state index contributed by atoms with van der Waals surface area (Å²) >= 11 is 1.86. The second-order valence-electron chi connectivity index (χ2n) is 6.16. The smallest absolute Gasteiger partial charge is 0.412 e. The summed E-state index contributed by atoms with van der Waals surface area (Å²) < 4.78 is 11.9. The van der Waals surface area contributed by atoms with Gasteiger partial charge in [-0.25, -0.2) is 9.59 Å². The second kappa shape index (κ2) is 10.1. The molecule has 28 heavy (non-hydrogen) atoms. The molecule has 0 bridgehead atoms. The maximum Gasteiger partial charge on any atom is 0.412 e. The maximum absolute atomic E-state index is 12.3. The number of nitrogens with one attached hydrogen (secondary N) is 2. The van der Waals surface area contributed by atoms with E-state index in [-0.39, 0.29) is 18.3 Å². The van der Waals surface area contributed by atoms with Gasteiger partial charge in [-0.1, -0.05) is 6.92 Å². The van der Waals surface area contributed by atoms with Gasteiger partial charge in [0.25, 0.3) is 0 Å². The van der Waals surface area contributed by atoms with Gasteiger partial charge in [0, 0.05) is 19.2 Å². The van der Waals surface area contributed by atoms with Crippen LogP contribution in [0.25, 0.3) is 0 Å². The van der Waals surface area contributed by atoms with Crippen LogP contribution >= 0.6 is 22.6 Å². The number of anilines is 1. The number of carbonyl (C=O) groups is 2. The van der Waals surface area contributed by atoms with Crippen LogP contribution < -0.4 is 16.3 Å². The van der Waals surface area contributed by atoms with Crippen LogP contribution in [0.3, 0.4) is 0 Å². The SMILES string of the molecule is CCC(=O)NCCCOC(=O)Nc1nc(=O)n([C@@H]2O[C@H](C)[C@@H](O)[C@H]2O)cc1I. The van der Waals surface area contributed by atoms with Gasteiger partial charge in [0.15, 0.2) is 12.0 Å². The third-order valence-corrected chi connectivity index (χ3v) is 4.87. The maximum atomic E-state index is 12.3. The van der Waals surface area contributed by atoms with Gasteiger partial charge in [0.1, 0.15) is 12.2 Å². The molecular weight excluding hydrogens is 487 g/mol. The molecule has 4 N–H and O–H groups in total. The summed E-state index contributed by atoms with van der Waals surface area (Å²) in [6, 6.07) is 0. The molecule has 156 valence electrons. The van der Waals surface area contributed by atoms with E-state index in [1.165, 1.54) is 6.20 Å². The number of ether oxygens (including phenoxy) is 2. The lowest BCUT2D eigenvalue weighted by molar-refractivity contribution is -0.120. The van der Waals surface area contributed by atoms with Crippen LogP contribution in [0.15, 0.2) is 11.0 Å². The average Bonchev–Trinajstić information content (AvgIpc) is 2.91. The van der Waals surface area contributed by atoms with Crippen molar-refractivity contribution in [2.24, 2.45) is 0 Å². The molecule has 2 heterocycles. The van der Waals surface area contributed by atoms with Crippen LogP contribution in [0.2, 0.25) is 0 Å². The quantitative estimate of drug-likeness (QED) is 0.295. The van der Waals surface area contributed by atoms with Gasteiger partial charge in [-0.15, -0.1) is 0 Å². The van der Waals surface area contributed by atoms with Gasteiger partial charge in [0.05, 0.1) is 16.3 Å². The molecule has 1 aromatic heterocycles. The molecule has 1 saturated heterocycles. The summed E-state index contributed by atoms with van der Waals surface area (Å²) in [6.45, 7) is 3.79. The lowest BCUT2D eigenvalue weighted by Crippen LogP contribution is -2.36. The number of amides is 2. The first-order valence-corrected chi connectivity index (χ1v) is 9.83. The van der Waals surface area contributed by atoms with Crippen molar-refractivity contribution in [3.63, 3.8) is 0 Å². The number of aliphatic hydroxyl groups is 2.